The number of carbonyl (C=O) groups excluding carboxylic acids is 1. The second-order valence-corrected chi connectivity index (χ2v) is 8.29. The number of ether oxygens (including phenoxy) is 1. The van der Waals surface area contributed by atoms with E-state index in [4.69, 9.17) is 4.74 Å². The van der Waals surface area contributed by atoms with Crippen LogP contribution in [0.4, 0.5) is 4.79 Å². The van der Waals surface area contributed by atoms with Crippen LogP contribution < -0.4 is 0 Å². The van der Waals surface area contributed by atoms with Crippen molar-refractivity contribution in [3.05, 3.63) is 17.8 Å². The second kappa shape index (κ2) is 7.38. The van der Waals surface area contributed by atoms with Crippen molar-refractivity contribution in [3.63, 3.8) is 0 Å². The van der Waals surface area contributed by atoms with Crippen LogP contribution >= 0.6 is 0 Å². The van der Waals surface area contributed by atoms with E-state index in [-0.39, 0.29) is 12.1 Å². The van der Waals surface area contributed by atoms with Gasteiger partial charge in [0.15, 0.2) is 0 Å². The summed E-state index contributed by atoms with van der Waals surface area (Å²) in [7, 11) is -1.27. The molecule has 0 saturated carbocycles. The zero-order valence-electron chi connectivity index (χ0n) is 14.2. The summed E-state index contributed by atoms with van der Waals surface area (Å²) in [6.07, 6.45) is 2.49. The number of rotatable bonds is 3. The Bertz CT molecular complexity index is 569. The number of amides is 1. The predicted octanol–water partition coefficient (Wildman–Crippen LogP) is 2.68. The average molecular weight is 339 g/mol. The van der Waals surface area contributed by atoms with Gasteiger partial charge in [-0.15, -0.1) is 5.10 Å². The van der Waals surface area contributed by atoms with Crippen molar-refractivity contribution in [2.75, 3.05) is 12.3 Å². The highest BCUT2D eigenvalue weighted by Crippen LogP contribution is 2.22. The van der Waals surface area contributed by atoms with E-state index in [9.17, 15) is 9.00 Å². The number of piperidine rings is 1. The van der Waals surface area contributed by atoms with Crippen molar-refractivity contribution in [3.8, 4) is 0 Å². The van der Waals surface area contributed by atoms with Crippen LogP contribution in [-0.2, 0) is 15.5 Å². The number of likely N-dealkylation sites (tertiary alicyclic amines) is 1. The monoisotopic (exact) mass is 339 g/mol. The zero-order valence-corrected chi connectivity index (χ0v) is 15.1. The lowest BCUT2D eigenvalue weighted by Crippen LogP contribution is -2.48. The molecule has 0 aromatic carbocycles. The van der Waals surface area contributed by atoms with Crippen LogP contribution in [0.2, 0.25) is 0 Å². The number of hydrogen-bond donors (Lipinski definition) is 0. The molecule has 2 atom stereocenters. The Morgan fingerprint density at radius 3 is 2.70 bits per heavy atom. The summed E-state index contributed by atoms with van der Waals surface area (Å²) in [5.74, 6) is 0.372. The summed E-state index contributed by atoms with van der Waals surface area (Å²) in [4.78, 5) is 14.1. The Labute approximate surface area is 140 Å². The molecule has 0 unspecified atom stereocenters. The van der Waals surface area contributed by atoms with Gasteiger partial charge in [0, 0.05) is 12.6 Å². The van der Waals surface area contributed by atoms with Crippen LogP contribution in [-0.4, -0.2) is 49.3 Å². The third-order valence-corrected chi connectivity index (χ3v) is 4.98. The summed E-state index contributed by atoms with van der Waals surface area (Å²) in [5, 5.41) is 8.40. The lowest BCUT2D eigenvalue weighted by atomic mass is 10.0. The molecule has 0 spiro atoms. The van der Waals surface area contributed by atoms with Crippen molar-refractivity contribution in [1.82, 2.24) is 15.1 Å². The predicted molar refractivity (Wildman–Crippen MR) is 88.6 cm³/mol. The third-order valence-electron chi connectivity index (χ3n) is 3.61. The van der Waals surface area contributed by atoms with Gasteiger partial charge < -0.3 is 9.64 Å². The quantitative estimate of drug-likeness (QED) is 0.846. The first kappa shape index (κ1) is 17.8. The Kier molecular flexibility index (Phi) is 5.73. The zero-order chi connectivity index (χ0) is 17.0. The fraction of sp³-hybridized carbons (Fsp3) is 0.688. The molecule has 2 heterocycles. The SMILES string of the molecule is Cc1ccc([S@@](=O)C[C@H]2CCCCN2C(=O)OC(C)(C)C)nn1. The second-order valence-electron chi connectivity index (χ2n) is 6.85. The molecule has 1 fully saturated rings. The molecule has 6 nitrogen and oxygen atoms in total. The van der Waals surface area contributed by atoms with Crippen LogP contribution in [0, 0.1) is 6.92 Å². The van der Waals surface area contributed by atoms with Crippen molar-refractivity contribution in [2.24, 2.45) is 0 Å². The molecule has 1 aromatic rings. The minimum absolute atomic E-state index is 0.0810. The molecule has 0 radical (unpaired) electrons. The Hall–Kier alpha value is -1.50. The van der Waals surface area contributed by atoms with Gasteiger partial charge in [-0.25, -0.2) is 4.79 Å². The number of carbonyl (C=O) groups is 1. The minimum atomic E-state index is -1.27. The van der Waals surface area contributed by atoms with Crippen LogP contribution in [0.1, 0.15) is 45.7 Å². The van der Waals surface area contributed by atoms with E-state index in [1.54, 1.807) is 17.0 Å². The molecule has 0 bridgehead atoms. The molecule has 23 heavy (non-hydrogen) atoms. The van der Waals surface area contributed by atoms with Crippen LogP contribution in [0.25, 0.3) is 0 Å². The Balaban J connectivity index is 2.04. The highest BCUT2D eigenvalue weighted by molar-refractivity contribution is 7.85. The highest BCUT2D eigenvalue weighted by Gasteiger charge is 2.31. The summed E-state index contributed by atoms with van der Waals surface area (Å²) in [5.41, 5.74) is 0.263. The first-order chi connectivity index (χ1) is 10.8. The maximum Gasteiger partial charge on any atom is 0.410 e. The van der Waals surface area contributed by atoms with E-state index in [2.05, 4.69) is 10.2 Å². The molecule has 0 N–H and O–H groups in total. The van der Waals surface area contributed by atoms with Crippen LogP contribution in [0.15, 0.2) is 17.2 Å². The van der Waals surface area contributed by atoms with Gasteiger partial charge in [0.1, 0.15) is 10.6 Å². The van der Waals surface area contributed by atoms with Gasteiger partial charge >= 0.3 is 6.09 Å². The van der Waals surface area contributed by atoms with Crippen LogP contribution in [0.5, 0.6) is 0 Å². The lowest BCUT2D eigenvalue weighted by Gasteiger charge is -2.36. The summed E-state index contributed by atoms with van der Waals surface area (Å²) < 4.78 is 18.0. The molecule has 1 aliphatic heterocycles. The fourth-order valence-electron chi connectivity index (χ4n) is 2.50. The molecular formula is C16H25N3O3S. The largest absolute Gasteiger partial charge is 0.444 e. The lowest BCUT2D eigenvalue weighted by molar-refractivity contribution is 0.0125. The Morgan fingerprint density at radius 2 is 2.09 bits per heavy atom. The maximum absolute atomic E-state index is 12.5. The van der Waals surface area contributed by atoms with Crippen molar-refractivity contribution >= 4 is 16.9 Å². The van der Waals surface area contributed by atoms with E-state index in [0.29, 0.717) is 17.3 Å². The molecule has 0 aliphatic carbocycles. The van der Waals surface area contributed by atoms with Gasteiger partial charge in [-0.2, -0.15) is 5.10 Å². The third kappa shape index (κ3) is 5.27. The highest BCUT2D eigenvalue weighted by atomic mass is 32.2. The van der Waals surface area contributed by atoms with Gasteiger partial charge in [-0.05, 0) is 59.1 Å². The van der Waals surface area contributed by atoms with Crippen molar-refractivity contribution in [2.45, 2.75) is 63.6 Å². The molecule has 1 aromatic heterocycles. The van der Waals surface area contributed by atoms with Crippen molar-refractivity contribution < 1.29 is 13.7 Å². The van der Waals surface area contributed by atoms with Crippen LogP contribution in [0.3, 0.4) is 0 Å². The van der Waals surface area contributed by atoms with Gasteiger partial charge in [-0.3, -0.25) is 4.21 Å². The first-order valence-electron chi connectivity index (χ1n) is 7.94. The number of aryl methyl sites for hydroxylation is 1. The molecular weight excluding hydrogens is 314 g/mol. The number of aromatic nitrogens is 2. The smallest absolute Gasteiger partial charge is 0.410 e. The van der Waals surface area contributed by atoms with Crippen molar-refractivity contribution in [1.29, 1.82) is 0 Å². The first-order valence-corrected chi connectivity index (χ1v) is 9.26. The maximum atomic E-state index is 12.5. The normalized spacial score (nSPS) is 20.2. The number of hydrogen-bond acceptors (Lipinski definition) is 5. The van der Waals surface area contributed by atoms with E-state index in [1.807, 2.05) is 27.7 Å². The Morgan fingerprint density at radius 1 is 1.35 bits per heavy atom. The summed E-state index contributed by atoms with van der Waals surface area (Å²) in [6.45, 7) is 8.04. The van der Waals surface area contributed by atoms with E-state index in [0.717, 1.165) is 25.0 Å². The molecule has 1 amide bonds. The van der Waals surface area contributed by atoms with Gasteiger partial charge in [0.05, 0.1) is 22.2 Å². The number of nitrogens with zero attached hydrogens (tertiary/aromatic N) is 3. The van der Waals surface area contributed by atoms with Gasteiger partial charge in [-0.1, -0.05) is 0 Å². The van der Waals surface area contributed by atoms with E-state index >= 15 is 0 Å². The summed E-state index contributed by atoms with van der Waals surface area (Å²) in [6, 6.07) is 3.45. The van der Waals surface area contributed by atoms with Gasteiger partial charge in [0.2, 0.25) is 0 Å². The van der Waals surface area contributed by atoms with E-state index in [1.165, 1.54) is 0 Å². The van der Waals surface area contributed by atoms with E-state index < -0.39 is 16.4 Å². The van der Waals surface area contributed by atoms with Gasteiger partial charge in [0.25, 0.3) is 0 Å². The molecule has 2 rings (SSSR count). The summed E-state index contributed by atoms with van der Waals surface area (Å²) >= 11 is 0. The molecule has 1 saturated heterocycles. The fourth-order valence-corrected chi connectivity index (χ4v) is 3.72. The minimum Gasteiger partial charge on any atom is -0.444 e. The topological polar surface area (TPSA) is 72.4 Å². The molecule has 7 heteroatoms. The average Bonchev–Trinajstić information content (AvgIpc) is 2.46. The molecule has 128 valence electrons. The molecule has 1 aliphatic rings. The standard InChI is InChI=1S/C16H25N3O3S/c1-12-8-9-14(18-17-12)23(21)11-13-7-5-6-10-19(13)15(20)22-16(2,3)4/h8-9,13H,5-7,10-11H2,1-4H3/t13-,23+/m1/s1.